The lowest BCUT2D eigenvalue weighted by Gasteiger charge is -2.42. The van der Waals surface area contributed by atoms with E-state index in [1.165, 1.54) is 19.2 Å². The Morgan fingerprint density at radius 1 is 1.17 bits per heavy atom. The zero-order valence-corrected chi connectivity index (χ0v) is 20.3. The summed E-state index contributed by atoms with van der Waals surface area (Å²) < 4.78 is 30.3. The highest BCUT2D eigenvalue weighted by Crippen LogP contribution is 2.32. The van der Waals surface area contributed by atoms with Crippen LogP contribution in [-0.2, 0) is 25.6 Å². The van der Waals surface area contributed by atoms with E-state index >= 15 is 0 Å². The van der Waals surface area contributed by atoms with Gasteiger partial charge in [0.25, 0.3) is 5.91 Å². The second-order valence-electron chi connectivity index (χ2n) is 8.97. The summed E-state index contributed by atoms with van der Waals surface area (Å²) in [5.74, 6) is -0.699. The number of likely N-dealkylation sites (N-methyl/N-ethyl adjacent to an activating group) is 1. The number of methoxy groups -OCH3 is 1. The Kier molecular flexibility index (Phi) is 8.17. The van der Waals surface area contributed by atoms with Crippen LogP contribution in [0.25, 0.3) is 0 Å². The van der Waals surface area contributed by atoms with Gasteiger partial charge in [-0.2, -0.15) is 0 Å². The molecule has 1 saturated heterocycles. The summed E-state index contributed by atoms with van der Waals surface area (Å²) >= 11 is 0. The van der Waals surface area contributed by atoms with Gasteiger partial charge in [-0.05, 0) is 48.7 Å². The molecule has 2 heterocycles. The zero-order valence-electron chi connectivity index (χ0n) is 20.3. The molecule has 0 unspecified atom stereocenters. The Hall–Kier alpha value is -3.50. The van der Waals surface area contributed by atoms with Crippen LogP contribution in [0.5, 0.6) is 5.75 Å². The highest BCUT2D eigenvalue weighted by atomic mass is 19.1. The number of anilines is 1. The van der Waals surface area contributed by atoms with Gasteiger partial charge in [0, 0.05) is 26.4 Å². The maximum atomic E-state index is 13.3. The SMILES string of the molecule is COCC(=O)Nc1ccc2c(c1)C(=O)N(C)[C@@H]1CC[C@H](CC(=O)NCc3cccc(F)c3)O[C@@H]1CO2. The molecule has 0 saturated carbocycles. The lowest BCUT2D eigenvalue weighted by atomic mass is 9.94. The summed E-state index contributed by atoms with van der Waals surface area (Å²) in [7, 11) is 3.15. The van der Waals surface area contributed by atoms with Crippen LogP contribution in [0.3, 0.4) is 0 Å². The van der Waals surface area contributed by atoms with Gasteiger partial charge in [-0.3, -0.25) is 14.4 Å². The number of ether oxygens (including phenoxy) is 3. The maximum Gasteiger partial charge on any atom is 0.257 e. The number of benzene rings is 2. The molecule has 0 bridgehead atoms. The van der Waals surface area contributed by atoms with Crippen molar-refractivity contribution in [3.05, 3.63) is 59.4 Å². The quantitative estimate of drug-likeness (QED) is 0.607. The third kappa shape index (κ3) is 6.19. The van der Waals surface area contributed by atoms with Crippen molar-refractivity contribution < 1.29 is 33.0 Å². The fraction of sp³-hybridized carbons (Fsp3) is 0.423. The van der Waals surface area contributed by atoms with Crippen LogP contribution in [0, 0.1) is 5.82 Å². The number of fused-ring (bicyclic) bond motifs is 2. The van der Waals surface area contributed by atoms with E-state index in [0.29, 0.717) is 35.4 Å². The van der Waals surface area contributed by atoms with Crippen molar-refractivity contribution in [2.24, 2.45) is 0 Å². The van der Waals surface area contributed by atoms with Gasteiger partial charge in [0.15, 0.2) is 0 Å². The topological polar surface area (TPSA) is 106 Å². The van der Waals surface area contributed by atoms with Crippen LogP contribution in [0.2, 0.25) is 0 Å². The molecule has 0 radical (unpaired) electrons. The number of carbonyl (C=O) groups is 3. The first kappa shape index (κ1) is 25.6. The largest absolute Gasteiger partial charge is 0.490 e. The minimum absolute atomic E-state index is 0.0908. The van der Waals surface area contributed by atoms with E-state index in [1.807, 2.05) is 0 Å². The number of amides is 3. The Morgan fingerprint density at radius 2 is 2.00 bits per heavy atom. The molecule has 2 aromatic rings. The van der Waals surface area contributed by atoms with E-state index in [4.69, 9.17) is 14.2 Å². The lowest BCUT2D eigenvalue weighted by Crippen LogP contribution is -2.53. The Morgan fingerprint density at radius 3 is 2.78 bits per heavy atom. The average molecular weight is 500 g/mol. The Bertz CT molecular complexity index is 1130. The molecule has 3 amide bonds. The van der Waals surface area contributed by atoms with Gasteiger partial charge < -0.3 is 29.7 Å². The molecule has 2 aromatic carbocycles. The number of hydrogen-bond donors (Lipinski definition) is 2. The zero-order chi connectivity index (χ0) is 25.7. The second kappa shape index (κ2) is 11.5. The van der Waals surface area contributed by atoms with Gasteiger partial charge in [-0.25, -0.2) is 4.39 Å². The summed E-state index contributed by atoms with van der Waals surface area (Å²) in [5, 5.41) is 5.50. The first-order valence-electron chi connectivity index (χ1n) is 11.8. The molecule has 2 aliphatic heterocycles. The van der Waals surface area contributed by atoms with Crippen molar-refractivity contribution in [1.82, 2.24) is 10.2 Å². The number of halogens is 1. The van der Waals surface area contributed by atoms with E-state index in [9.17, 15) is 18.8 Å². The molecule has 2 N–H and O–H groups in total. The summed E-state index contributed by atoms with van der Waals surface area (Å²) in [6, 6.07) is 10.8. The fourth-order valence-corrected chi connectivity index (χ4v) is 4.56. The van der Waals surface area contributed by atoms with Crippen molar-refractivity contribution in [2.45, 2.75) is 44.1 Å². The fourth-order valence-electron chi connectivity index (χ4n) is 4.56. The van der Waals surface area contributed by atoms with E-state index in [0.717, 1.165) is 0 Å². The van der Waals surface area contributed by atoms with Gasteiger partial charge >= 0.3 is 0 Å². The second-order valence-corrected chi connectivity index (χ2v) is 8.97. The number of hydrogen-bond acceptors (Lipinski definition) is 6. The lowest BCUT2D eigenvalue weighted by molar-refractivity contribution is -0.134. The predicted octanol–water partition coefficient (Wildman–Crippen LogP) is 2.50. The van der Waals surface area contributed by atoms with E-state index in [1.54, 1.807) is 42.3 Å². The first-order chi connectivity index (χ1) is 17.3. The first-order valence-corrected chi connectivity index (χ1v) is 11.8. The molecule has 0 aliphatic carbocycles. The Balaban J connectivity index is 1.37. The number of carbonyl (C=O) groups excluding carboxylic acids is 3. The van der Waals surface area contributed by atoms with Gasteiger partial charge in [-0.15, -0.1) is 0 Å². The smallest absolute Gasteiger partial charge is 0.257 e. The number of nitrogens with one attached hydrogen (secondary N) is 2. The van der Waals surface area contributed by atoms with Crippen molar-refractivity contribution in [3.63, 3.8) is 0 Å². The molecule has 192 valence electrons. The van der Waals surface area contributed by atoms with Gasteiger partial charge in [0.1, 0.15) is 30.9 Å². The minimum atomic E-state index is -0.400. The molecule has 2 aliphatic rings. The minimum Gasteiger partial charge on any atom is -0.490 e. The van der Waals surface area contributed by atoms with Crippen LogP contribution in [0.4, 0.5) is 10.1 Å². The van der Waals surface area contributed by atoms with Crippen LogP contribution < -0.4 is 15.4 Å². The summed E-state index contributed by atoms with van der Waals surface area (Å²) in [5.41, 5.74) is 1.51. The normalized spacial score (nSPS) is 21.4. The molecule has 9 nitrogen and oxygen atoms in total. The van der Waals surface area contributed by atoms with Crippen molar-refractivity contribution in [3.8, 4) is 5.75 Å². The van der Waals surface area contributed by atoms with E-state index in [2.05, 4.69) is 10.6 Å². The predicted molar refractivity (Wildman–Crippen MR) is 129 cm³/mol. The number of rotatable bonds is 7. The monoisotopic (exact) mass is 499 g/mol. The molecule has 0 aromatic heterocycles. The molecule has 36 heavy (non-hydrogen) atoms. The highest BCUT2D eigenvalue weighted by molar-refractivity contribution is 6.00. The third-order valence-electron chi connectivity index (χ3n) is 6.36. The molecule has 10 heteroatoms. The van der Waals surface area contributed by atoms with E-state index < -0.39 is 6.10 Å². The summed E-state index contributed by atoms with van der Waals surface area (Å²) in [6.07, 6.45) is 0.701. The molecule has 0 spiro atoms. The average Bonchev–Trinajstić information content (AvgIpc) is 2.85. The van der Waals surface area contributed by atoms with Gasteiger partial charge in [0.2, 0.25) is 11.8 Å². The third-order valence-corrected chi connectivity index (χ3v) is 6.36. The van der Waals surface area contributed by atoms with Gasteiger partial charge in [0.05, 0.1) is 24.1 Å². The molecular formula is C26H30FN3O6. The van der Waals surface area contributed by atoms with Crippen LogP contribution in [-0.4, -0.2) is 68.2 Å². The maximum absolute atomic E-state index is 13.3. The molecule has 4 rings (SSSR count). The summed E-state index contributed by atoms with van der Waals surface area (Å²) in [4.78, 5) is 39.2. The molecular weight excluding hydrogens is 469 g/mol. The van der Waals surface area contributed by atoms with Crippen LogP contribution in [0.15, 0.2) is 42.5 Å². The van der Waals surface area contributed by atoms with Crippen molar-refractivity contribution >= 4 is 23.4 Å². The standard InChI is InChI=1S/C26H30FN3O6/c1-30-21-8-7-19(12-24(31)28-13-16-4-3-5-17(27)10-16)36-23(21)14-35-22-9-6-18(11-20(22)26(30)33)29-25(32)15-34-2/h3-6,9-11,19,21,23H,7-8,12-15H2,1-2H3,(H,28,31)(H,29,32)/t19-,21-,23-/m1/s1. The van der Waals surface area contributed by atoms with E-state index in [-0.39, 0.29) is 61.9 Å². The van der Waals surface area contributed by atoms with Crippen molar-refractivity contribution in [1.29, 1.82) is 0 Å². The van der Waals surface area contributed by atoms with Crippen molar-refractivity contribution in [2.75, 3.05) is 32.7 Å². The molecule has 3 atom stereocenters. The summed E-state index contributed by atoms with van der Waals surface area (Å²) in [6.45, 7) is 0.360. The highest BCUT2D eigenvalue weighted by Gasteiger charge is 2.39. The molecule has 1 fully saturated rings. The van der Waals surface area contributed by atoms with Crippen LogP contribution >= 0.6 is 0 Å². The van der Waals surface area contributed by atoms with Crippen LogP contribution in [0.1, 0.15) is 35.2 Å². The Labute approximate surface area is 208 Å². The number of nitrogens with zero attached hydrogens (tertiary/aromatic N) is 1. The van der Waals surface area contributed by atoms with Gasteiger partial charge in [-0.1, -0.05) is 12.1 Å².